The molecular formula is C19H13NO4S. The third kappa shape index (κ3) is 2.77. The van der Waals surface area contributed by atoms with Gasteiger partial charge in [0.2, 0.25) is 0 Å². The summed E-state index contributed by atoms with van der Waals surface area (Å²) in [5, 5.41) is 12.9. The number of nitrogens with zero attached hydrogens (tertiary/aromatic N) is 1. The van der Waals surface area contributed by atoms with E-state index in [1.165, 1.54) is 18.4 Å². The van der Waals surface area contributed by atoms with Crippen molar-refractivity contribution in [2.45, 2.75) is 0 Å². The lowest BCUT2D eigenvalue weighted by Crippen LogP contribution is -2.03. The molecule has 4 rings (SSSR count). The molecule has 124 valence electrons. The lowest BCUT2D eigenvalue weighted by atomic mass is 10.1. The van der Waals surface area contributed by atoms with Crippen molar-refractivity contribution in [2.75, 3.05) is 7.11 Å². The highest BCUT2D eigenvalue weighted by Gasteiger charge is 2.14. The van der Waals surface area contributed by atoms with Crippen molar-refractivity contribution < 1.29 is 14.3 Å². The Balaban J connectivity index is 1.83. The van der Waals surface area contributed by atoms with E-state index in [1.54, 1.807) is 35.7 Å². The molecule has 0 atom stereocenters. The summed E-state index contributed by atoms with van der Waals surface area (Å²) in [6, 6.07) is 14.0. The van der Waals surface area contributed by atoms with E-state index in [1.807, 2.05) is 18.2 Å². The summed E-state index contributed by atoms with van der Waals surface area (Å²) in [6.45, 7) is 0. The van der Waals surface area contributed by atoms with Crippen LogP contribution >= 0.6 is 11.3 Å². The van der Waals surface area contributed by atoms with E-state index in [4.69, 9.17) is 9.15 Å². The molecule has 0 spiro atoms. The van der Waals surface area contributed by atoms with Gasteiger partial charge < -0.3 is 14.3 Å². The number of phenols is 1. The van der Waals surface area contributed by atoms with Gasteiger partial charge in [0.05, 0.1) is 18.4 Å². The number of phenolic OH excluding ortho intramolecular Hbond substituents is 1. The molecule has 0 bridgehead atoms. The van der Waals surface area contributed by atoms with E-state index in [0.717, 1.165) is 16.0 Å². The summed E-state index contributed by atoms with van der Waals surface area (Å²) in [6.07, 6.45) is 0. The second-order valence-electron chi connectivity index (χ2n) is 5.41. The van der Waals surface area contributed by atoms with Gasteiger partial charge in [0, 0.05) is 16.3 Å². The number of aromatic nitrogens is 1. The highest BCUT2D eigenvalue weighted by molar-refractivity contribution is 7.13. The van der Waals surface area contributed by atoms with E-state index in [0.29, 0.717) is 22.6 Å². The number of rotatable bonds is 3. The predicted octanol–water partition coefficient (Wildman–Crippen LogP) is 4.30. The van der Waals surface area contributed by atoms with E-state index in [-0.39, 0.29) is 5.75 Å². The maximum atomic E-state index is 12.4. The SMILES string of the molecule is COc1cccc2cc(-c3csc(-c4cccc(O)c4)n3)c(=O)oc12. The molecule has 0 aliphatic carbocycles. The van der Waals surface area contributed by atoms with Crippen LogP contribution < -0.4 is 10.4 Å². The third-order valence-electron chi connectivity index (χ3n) is 3.82. The Morgan fingerprint density at radius 1 is 1.16 bits per heavy atom. The van der Waals surface area contributed by atoms with Gasteiger partial charge in [0.25, 0.3) is 0 Å². The van der Waals surface area contributed by atoms with Crippen molar-refractivity contribution >= 4 is 22.3 Å². The standard InChI is InChI=1S/C19H13NO4S/c1-23-16-7-3-4-11-9-14(19(22)24-17(11)16)15-10-25-18(20-15)12-5-2-6-13(21)8-12/h2-10,21H,1H3. The number of fused-ring (bicyclic) bond motifs is 1. The van der Waals surface area contributed by atoms with Crippen molar-refractivity contribution in [3.63, 3.8) is 0 Å². The summed E-state index contributed by atoms with van der Waals surface area (Å²) >= 11 is 1.40. The molecule has 4 aromatic rings. The zero-order valence-electron chi connectivity index (χ0n) is 13.2. The van der Waals surface area contributed by atoms with Crippen LogP contribution in [0.1, 0.15) is 0 Å². The molecule has 0 saturated carbocycles. The van der Waals surface area contributed by atoms with Crippen molar-refractivity contribution in [1.29, 1.82) is 0 Å². The summed E-state index contributed by atoms with van der Waals surface area (Å²) in [5.41, 5.74) is 1.68. The quantitative estimate of drug-likeness (QED) is 0.557. The van der Waals surface area contributed by atoms with Crippen molar-refractivity contribution in [2.24, 2.45) is 0 Å². The van der Waals surface area contributed by atoms with Gasteiger partial charge in [-0.25, -0.2) is 9.78 Å². The first-order valence-electron chi connectivity index (χ1n) is 7.52. The van der Waals surface area contributed by atoms with Crippen LogP contribution in [-0.4, -0.2) is 17.2 Å². The van der Waals surface area contributed by atoms with Gasteiger partial charge in [-0.2, -0.15) is 0 Å². The topological polar surface area (TPSA) is 72.6 Å². The molecule has 0 aliphatic heterocycles. The summed E-state index contributed by atoms with van der Waals surface area (Å²) in [5.74, 6) is 0.687. The van der Waals surface area contributed by atoms with Gasteiger partial charge in [-0.1, -0.05) is 24.3 Å². The van der Waals surface area contributed by atoms with E-state index < -0.39 is 5.63 Å². The molecule has 0 radical (unpaired) electrons. The van der Waals surface area contributed by atoms with Crippen LogP contribution in [0.15, 0.2) is 63.1 Å². The smallest absolute Gasteiger partial charge is 0.345 e. The molecule has 0 aliphatic rings. The normalized spacial score (nSPS) is 10.9. The van der Waals surface area contributed by atoms with E-state index >= 15 is 0 Å². The van der Waals surface area contributed by atoms with Crippen LogP contribution in [0.2, 0.25) is 0 Å². The second kappa shape index (κ2) is 6.07. The average Bonchev–Trinajstić information content (AvgIpc) is 3.10. The van der Waals surface area contributed by atoms with Gasteiger partial charge in [-0.3, -0.25) is 0 Å². The minimum Gasteiger partial charge on any atom is -0.508 e. The highest BCUT2D eigenvalue weighted by Crippen LogP contribution is 2.31. The number of ether oxygens (including phenoxy) is 1. The van der Waals surface area contributed by atoms with Gasteiger partial charge in [-0.15, -0.1) is 11.3 Å². The summed E-state index contributed by atoms with van der Waals surface area (Å²) in [4.78, 5) is 16.9. The second-order valence-corrected chi connectivity index (χ2v) is 6.27. The highest BCUT2D eigenvalue weighted by atomic mass is 32.1. The third-order valence-corrected chi connectivity index (χ3v) is 4.71. The maximum absolute atomic E-state index is 12.4. The number of benzene rings is 2. The van der Waals surface area contributed by atoms with Crippen molar-refractivity contribution in [3.05, 3.63) is 64.3 Å². The zero-order valence-corrected chi connectivity index (χ0v) is 14.0. The van der Waals surface area contributed by atoms with Crippen molar-refractivity contribution in [1.82, 2.24) is 4.98 Å². The first kappa shape index (κ1) is 15.4. The largest absolute Gasteiger partial charge is 0.508 e. The molecule has 2 heterocycles. The minimum absolute atomic E-state index is 0.173. The summed E-state index contributed by atoms with van der Waals surface area (Å²) < 4.78 is 10.7. The molecule has 25 heavy (non-hydrogen) atoms. The Hall–Kier alpha value is -3.12. The fraction of sp³-hybridized carbons (Fsp3) is 0.0526. The fourth-order valence-electron chi connectivity index (χ4n) is 2.63. The minimum atomic E-state index is -0.468. The lowest BCUT2D eigenvalue weighted by molar-refractivity contribution is 0.407. The van der Waals surface area contributed by atoms with Crippen LogP contribution in [0.3, 0.4) is 0 Å². The van der Waals surface area contributed by atoms with Crippen molar-refractivity contribution in [3.8, 4) is 33.3 Å². The van der Waals surface area contributed by atoms with Crippen LogP contribution in [-0.2, 0) is 0 Å². The Bertz CT molecular complexity index is 1130. The number of methoxy groups -OCH3 is 1. The van der Waals surface area contributed by atoms with E-state index in [9.17, 15) is 9.90 Å². The van der Waals surface area contributed by atoms with Crippen LogP contribution in [0.5, 0.6) is 11.5 Å². The van der Waals surface area contributed by atoms with Crippen LogP contribution in [0.25, 0.3) is 32.8 Å². The Morgan fingerprint density at radius 3 is 2.80 bits per heavy atom. The number of thiazole rings is 1. The molecule has 2 aromatic carbocycles. The van der Waals surface area contributed by atoms with Crippen LogP contribution in [0, 0.1) is 0 Å². The molecule has 0 fully saturated rings. The lowest BCUT2D eigenvalue weighted by Gasteiger charge is -2.04. The number of hydrogen-bond acceptors (Lipinski definition) is 6. The molecule has 1 N–H and O–H groups in total. The Labute approximate surface area is 146 Å². The molecule has 5 nitrogen and oxygen atoms in total. The fourth-order valence-corrected chi connectivity index (χ4v) is 3.44. The predicted molar refractivity (Wildman–Crippen MR) is 97.2 cm³/mol. The molecule has 0 unspecified atom stereocenters. The van der Waals surface area contributed by atoms with E-state index in [2.05, 4.69) is 4.98 Å². The van der Waals surface area contributed by atoms with Gasteiger partial charge >= 0.3 is 5.63 Å². The first-order valence-corrected chi connectivity index (χ1v) is 8.40. The molecular weight excluding hydrogens is 338 g/mol. The van der Waals surface area contributed by atoms with Gasteiger partial charge in [-0.05, 0) is 24.3 Å². The Kier molecular flexibility index (Phi) is 3.74. The maximum Gasteiger partial charge on any atom is 0.345 e. The molecule has 0 saturated heterocycles. The molecule has 6 heteroatoms. The number of aromatic hydroxyl groups is 1. The monoisotopic (exact) mass is 351 g/mol. The van der Waals surface area contributed by atoms with Gasteiger partial charge in [0.1, 0.15) is 10.8 Å². The summed E-state index contributed by atoms with van der Waals surface area (Å²) in [7, 11) is 1.53. The average molecular weight is 351 g/mol. The number of para-hydroxylation sites is 1. The zero-order chi connectivity index (χ0) is 17.4. The van der Waals surface area contributed by atoms with Crippen LogP contribution in [0.4, 0.5) is 0 Å². The number of hydrogen-bond donors (Lipinski definition) is 1. The first-order chi connectivity index (χ1) is 12.2. The Morgan fingerprint density at radius 2 is 2.00 bits per heavy atom. The molecule has 0 amide bonds. The molecule has 2 aromatic heterocycles. The van der Waals surface area contributed by atoms with Gasteiger partial charge in [0.15, 0.2) is 11.3 Å².